The highest BCUT2D eigenvalue weighted by Crippen LogP contribution is 2.55. The predicted molar refractivity (Wildman–Crippen MR) is 232 cm³/mol. The molecule has 0 radical (unpaired) electrons. The molecule has 0 bridgehead atoms. The van der Waals surface area contributed by atoms with Crippen molar-refractivity contribution in [3.63, 3.8) is 0 Å². The Labute approximate surface area is 320 Å². The molecule has 1 aliphatic rings. The van der Waals surface area contributed by atoms with Crippen LogP contribution in [0.3, 0.4) is 0 Å². The number of para-hydroxylation sites is 1. The van der Waals surface area contributed by atoms with Crippen LogP contribution in [0, 0.1) is 0 Å². The Kier molecular flexibility index (Phi) is 6.93. The fraction of sp³-hybridized carbons (Fsp3) is 0.0566. The smallest absolute Gasteiger partial charge is 0.136 e. The molecule has 1 heterocycles. The molecule has 0 saturated carbocycles. The topological polar surface area (TPSA) is 16.4 Å². The second kappa shape index (κ2) is 12.1. The lowest BCUT2D eigenvalue weighted by atomic mass is 9.82. The normalized spacial score (nSPS) is 13.1. The van der Waals surface area contributed by atoms with Crippen LogP contribution >= 0.6 is 0 Å². The zero-order chi connectivity index (χ0) is 36.7. The van der Waals surface area contributed by atoms with Gasteiger partial charge in [-0.25, -0.2) is 0 Å². The first-order chi connectivity index (χ1) is 27.0. The van der Waals surface area contributed by atoms with E-state index in [1.807, 2.05) is 0 Å². The van der Waals surface area contributed by atoms with Gasteiger partial charge in [-0.2, -0.15) is 0 Å². The monoisotopic (exact) mass is 703 g/mol. The van der Waals surface area contributed by atoms with Crippen molar-refractivity contribution in [3.05, 3.63) is 199 Å². The summed E-state index contributed by atoms with van der Waals surface area (Å²) in [6.07, 6.45) is 0. The molecule has 2 heteroatoms. The van der Waals surface area contributed by atoms with E-state index in [2.05, 4.69) is 207 Å². The Hall–Kier alpha value is -6.90. The van der Waals surface area contributed by atoms with E-state index in [0.717, 1.165) is 44.4 Å². The van der Waals surface area contributed by atoms with E-state index in [4.69, 9.17) is 4.42 Å². The molecule has 0 amide bonds. The maximum Gasteiger partial charge on any atom is 0.136 e. The van der Waals surface area contributed by atoms with Crippen LogP contribution in [0.4, 0.5) is 17.1 Å². The molecule has 55 heavy (non-hydrogen) atoms. The van der Waals surface area contributed by atoms with Crippen molar-refractivity contribution in [1.29, 1.82) is 0 Å². The molecule has 11 rings (SSSR count). The Morgan fingerprint density at radius 1 is 0.400 bits per heavy atom. The maximum atomic E-state index is 6.45. The maximum absolute atomic E-state index is 6.45. The van der Waals surface area contributed by atoms with E-state index in [-0.39, 0.29) is 5.41 Å². The van der Waals surface area contributed by atoms with E-state index < -0.39 is 0 Å². The van der Waals surface area contributed by atoms with E-state index in [1.165, 1.54) is 60.6 Å². The van der Waals surface area contributed by atoms with Gasteiger partial charge in [0.1, 0.15) is 11.2 Å². The number of rotatable bonds is 5. The highest BCUT2D eigenvalue weighted by molar-refractivity contribution is 6.11. The summed E-state index contributed by atoms with van der Waals surface area (Å²) >= 11 is 0. The first kappa shape index (κ1) is 31.6. The van der Waals surface area contributed by atoms with Crippen LogP contribution in [0.25, 0.3) is 76.9 Å². The SMILES string of the molecule is CC1(C)c2ccccc2-c2c(N(c3cccc(-c4cccc5ccccc45)c3)c3ccccc3-c3ccc4oc5cc6ccccc6cc5c4c3)cccc21. The molecule has 260 valence electrons. The first-order valence-electron chi connectivity index (χ1n) is 19.1. The summed E-state index contributed by atoms with van der Waals surface area (Å²) in [4.78, 5) is 2.49. The van der Waals surface area contributed by atoms with Crippen molar-refractivity contribution in [2.45, 2.75) is 19.3 Å². The number of hydrogen-bond acceptors (Lipinski definition) is 2. The van der Waals surface area contributed by atoms with Crippen molar-refractivity contribution in [3.8, 4) is 33.4 Å². The van der Waals surface area contributed by atoms with Gasteiger partial charge in [0.05, 0.1) is 11.4 Å². The van der Waals surface area contributed by atoms with Crippen LogP contribution in [-0.2, 0) is 5.41 Å². The van der Waals surface area contributed by atoms with Crippen molar-refractivity contribution < 1.29 is 4.42 Å². The fourth-order valence-corrected chi connectivity index (χ4v) is 9.16. The highest BCUT2D eigenvalue weighted by atomic mass is 16.3. The third-order valence-corrected chi connectivity index (χ3v) is 11.8. The minimum absolute atomic E-state index is 0.129. The summed E-state index contributed by atoms with van der Waals surface area (Å²) < 4.78 is 6.45. The quantitative estimate of drug-likeness (QED) is 0.177. The van der Waals surface area contributed by atoms with Gasteiger partial charge in [-0.3, -0.25) is 0 Å². The van der Waals surface area contributed by atoms with Crippen LogP contribution < -0.4 is 4.90 Å². The molecule has 0 atom stereocenters. The van der Waals surface area contributed by atoms with Gasteiger partial charge in [0.2, 0.25) is 0 Å². The second-order valence-corrected chi connectivity index (χ2v) is 15.3. The minimum Gasteiger partial charge on any atom is -0.456 e. The van der Waals surface area contributed by atoms with E-state index in [9.17, 15) is 0 Å². The summed E-state index contributed by atoms with van der Waals surface area (Å²) in [7, 11) is 0. The van der Waals surface area contributed by atoms with Crippen LogP contribution in [0.5, 0.6) is 0 Å². The third kappa shape index (κ3) is 4.88. The molecule has 10 aromatic rings. The van der Waals surface area contributed by atoms with Crippen LogP contribution in [0.1, 0.15) is 25.0 Å². The number of benzene rings is 9. The Balaban J connectivity index is 1.16. The Bertz CT molecular complexity index is 3140. The van der Waals surface area contributed by atoms with Crippen LogP contribution in [0.15, 0.2) is 192 Å². The van der Waals surface area contributed by atoms with E-state index >= 15 is 0 Å². The molecule has 0 N–H and O–H groups in total. The van der Waals surface area contributed by atoms with Gasteiger partial charge in [-0.15, -0.1) is 0 Å². The molecule has 1 aliphatic carbocycles. The third-order valence-electron chi connectivity index (χ3n) is 11.8. The second-order valence-electron chi connectivity index (χ2n) is 15.3. The highest BCUT2D eigenvalue weighted by Gasteiger charge is 2.38. The van der Waals surface area contributed by atoms with Gasteiger partial charge < -0.3 is 9.32 Å². The Morgan fingerprint density at radius 3 is 1.91 bits per heavy atom. The molecule has 0 aliphatic heterocycles. The number of fused-ring (bicyclic) bond motifs is 8. The Morgan fingerprint density at radius 2 is 1.02 bits per heavy atom. The van der Waals surface area contributed by atoms with Crippen molar-refractivity contribution in [1.82, 2.24) is 0 Å². The van der Waals surface area contributed by atoms with Gasteiger partial charge in [0.15, 0.2) is 0 Å². The summed E-state index contributed by atoms with van der Waals surface area (Å²) in [5.41, 5.74) is 15.1. The van der Waals surface area contributed by atoms with Crippen LogP contribution in [-0.4, -0.2) is 0 Å². The molecule has 1 aromatic heterocycles. The first-order valence-corrected chi connectivity index (χ1v) is 19.1. The number of hydrogen-bond donors (Lipinski definition) is 0. The summed E-state index contributed by atoms with van der Waals surface area (Å²) in [5, 5.41) is 7.13. The van der Waals surface area contributed by atoms with E-state index in [1.54, 1.807) is 0 Å². The molecule has 0 fully saturated rings. The lowest BCUT2D eigenvalue weighted by Crippen LogP contribution is -2.16. The average Bonchev–Trinajstić information content (AvgIpc) is 3.70. The number of nitrogens with zero attached hydrogens (tertiary/aromatic N) is 1. The fourth-order valence-electron chi connectivity index (χ4n) is 9.16. The van der Waals surface area contributed by atoms with Crippen molar-refractivity contribution in [2.75, 3.05) is 4.90 Å². The van der Waals surface area contributed by atoms with Gasteiger partial charge in [-0.1, -0.05) is 153 Å². The molecule has 2 nitrogen and oxygen atoms in total. The largest absolute Gasteiger partial charge is 0.456 e. The van der Waals surface area contributed by atoms with Gasteiger partial charge in [0, 0.05) is 33.0 Å². The lowest BCUT2D eigenvalue weighted by molar-refractivity contribution is 0.660. The standard InChI is InChI=1S/C53H37NO/c1-53(2)46-24-9-7-22-43(46)52-47(53)25-13-27-49(52)54(39-19-11-18-37(30-39)41-23-12-17-34-14-5-6-20-40(34)41)48-26-10-8-21-42(48)38-28-29-50-44(32-38)45-31-35-15-3-4-16-36(35)33-51(45)55-50/h3-33H,1-2H3. The van der Waals surface area contributed by atoms with E-state index in [0.29, 0.717) is 0 Å². The average molecular weight is 704 g/mol. The summed E-state index contributed by atoms with van der Waals surface area (Å²) in [6, 6.07) is 68.6. The summed E-state index contributed by atoms with van der Waals surface area (Å²) in [5.74, 6) is 0. The zero-order valence-corrected chi connectivity index (χ0v) is 30.8. The number of furan rings is 1. The molecule has 9 aromatic carbocycles. The van der Waals surface area contributed by atoms with Crippen LogP contribution in [0.2, 0.25) is 0 Å². The molecular weight excluding hydrogens is 667 g/mol. The molecule has 0 unspecified atom stereocenters. The van der Waals surface area contributed by atoms with Gasteiger partial charge >= 0.3 is 0 Å². The lowest BCUT2D eigenvalue weighted by Gasteiger charge is -2.31. The molecular formula is C53H37NO. The van der Waals surface area contributed by atoms with Gasteiger partial charge in [-0.05, 0) is 103 Å². The molecule has 0 spiro atoms. The zero-order valence-electron chi connectivity index (χ0n) is 30.8. The number of anilines is 3. The summed E-state index contributed by atoms with van der Waals surface area (Å²) in [6.45, 7) is 4.71. The van der Waals surface area contributed by atoms with Crippen molar-refractivity contribution >= 4 is 60.5 Å². The predicted octanol–water partition coefficient (Wildman–Crippen LogP) is 15.0. The molecule has 0 saturated heterocycles. The van der Waals surface area contributed by atoms with Crippen molar-refractivity contribution in [2.24, 2.45) is 0 Å². The van der Waals surface area contributed by atoms with Gasteiger partial charge in [0.25, 0.3) is 0 Å². The minimum atomic E-state index is -0.129.